The van der Waals surface area contributed by atoms with Gasteiger partial charge in [0.15, 0.2) is 5.78 Å². The van der Waals surface area contributed by atoms with Gasteiger partial charge >= 0.3 is 0 Å². The maximum absolute atomic E-state index is 12.5. The average molecular weight is 247 g/mol. The summed E-state index contributed by atoms with van der Waals surface area (Å²) in [6, 6.07) is 1.78. The van der Waals surface area contributed by atoms with E-state index in [1.54, 1.807) is 6.20 Å². The summed E-state index contributed by atoms with van der Waals surface area (Å²) in [6.07, 6.45) is 6.83. The average Bonchev–Trinajstić information content (AvgIpc) is 2.56. The lowest BCUT2D eigenvalue weighted by Gasteiger charge is -2.20. The molecule has 4 N–H and O–H groups in total. The molecule has 0 bridgehead atoms. The molecular formula is C14H21N3O. The number of anilines is 1. The molecule has 1 saturated carbocycles. The van der Waals surface area contributed by atoms with Crippen LogP contribution >= 0.6 is 0 Å². The summed E-state index contributed by atoms with van der Waals surface area (Å²) < 4.78 is 0. The standard InChI is InChI=1S/C14H21N3O/c1-9-7-11(14(16)17-8-9)13(18)10-5-3-2-4-6-12(10)15/h7-8,10,12H,2-6,15H2,1H3,(H2,16,17). The molecule has 0 amide bonds. The first-order valence-corrected chi connectivity index (χ1v) is 6.61. The van der Waals surface area contributed by atoms with Crippen LogP contribution in [0.3, 0.4) is 0 Å². The van der Waals surface area contributed by atoms with Gasteiger partial charge in [-0.1, -0.05) is 19.3 Å². The third-order valence-corrected chi connectivity index (χ3v) is 3.73. The Hall–Kier alpha value is -1.42. The summed E-state index contributed by atoms with van der Waals surface area (Å²) in [7, 11) is 0. The van der Waals surface area contributed by atoms with Crippen LogP contribution in [0.4, 0.5) is 5.82 Å². The number of ketones is 1. The van der Waals surface area contributed by atoms with E-state index in [-0.39, 0.29) is 17.7 Å². The highest BCUT2D eigenvalue weighted by atomic mass is 16.1. The molecule has 98 valence electrons. The Morgan fingerprint density at radius 3 is 2.83 bits per heavy atom. The van der Waals surface area contributed by atoms with Gasteiger partial charge in [0.05, 0.1) is 5.56 Å². The van der Waals surface area contributed by atoms with Crippen molar-refractivity contribution in [1.29, 1.82) is 0 Å². The van der Waals surface area contributed by atoms with E-state index in [4.69, 9.17) is 11.5 Å². The molecule has 18 heavy (non-hydrogen) atoms. The maximum atomic E-state index is 12.5. The van der Waals surface area contributed by atoms with Crippen molar-refractivity contribution < 1.29 is 4.79 Å². The number of nitrogen functional groups attached to an aromatic ring is 1. The zero-order valence-electron chi connectivity index (χ0n) is 10.9. The SMILES string of the molecule is Cc1cnc(N)c(C(=O)C2CCCCCC2N)c1. The van der Waals surface area contributed by atoms with Crippen LogP contribution in [0.15, 0.2) is 12.3 Å². The van der Waals surface area contributed by atoms with Crippen LogP contribution in [0.25, 0.3) is 0 Å². The predicted molar refractivity (Wildman–Crippen MR) is 72.3 cm³/mol. The van der Waals surface area contributed by atoms with Crippen LogP contribution in [-0.2, 0) is 0 Å². The number of carbonyl (C=O) groups is 1. The topological polar surface area (TPSA) is 82.0 Å². The normalized spacial score (nSPS) is 24.6. The second-order valence-electron chi connectivity index (χ2n) is 5.22. The molecule has 1 fully saturated rings. The minimum atomic E-state index is -0.0987. The lowest BCUT2D eigenvalue weighted by molar-refractivity contribution is 0.0895. The molecule has 2 atom stereocenters. The number of hydrogen-bond donors (Lipinski definition) is 2. The van der Waals surface area contributed by atoms with Crippen molar-refractivity contribution in [2.24, 2.45) is 11.7 Å². The second-order valence-corrected chi connectivity index (χ2v) is 5.22. The molecule has 1 aromatic heterocycles. The number of nitrogens with zero attached hydrogens (tertiary/aromatic N) is 1. The number of pyridine rings is 1. The lowest BCUT2D eigenvalue weighted by atomic mass is 9.87. The van der Waals surface area contributed by atoms with Crippen molar-refractivity contribution in [2.45, 2.75) is 45.1 Å². The maximum Gasteiger partial charge on any atom is 0.171 e. The molecule has 0 spiro atoms. The number of hydrogen-bond acceptors (Lipinski definition) is 4. The summed E-state index contributed by atoms with van der Waals surface area (Å²) in [5, 5.41) is 0. The fourth-order valence-electron chi connectivity index (χ4n) is 2.64. The first kappa shape index (κ1) is 13.0. The van der Waals surface area contributed by atoms with E-state index >= 15 is 0 Å². The quantitative estimate of drug-likeness (QED) is 0.619. The van der Waals surface area contributed by atoms with Crippen molar-refractivity contribution in [1.82, 2.24) is 4.98 Å². The summed E-state index contributed by atoms with van der Waals surface area (Å²) in [5.41, 5.74) is 13.4. The highest BCUT2D eigenvalue weighted by Gasteiger charge is 2.29. The summed E-state index contributed by atoms with van der Waals surface area (Å²) in [4.78, 5) is 16.6. The van der Waals surface area contributed by atoms with Gasteiger partial charge in [-0.2, -0.15) is 0 Å². The van der Waals surface area contributed by atoms with Crippen LogP contribution in [0.1, 0.15) is 48.0 Å². The van der Waals surface area contributed by atoms with Crippen LogP contribution in [-0.4, -0.2) is 16.8 Å². The predicted octanol–water partition coefficient (Wildman–Crippen LogP) is 2.06. The Kier molecular flexibility index (Phi) is 3.97. The molecule has 0 radical (unpaired) electrons. The highest BCUT2D eigenvalue weighted by molar-refractivity contribution is 6.02. The number of carbonyl (C=O) groups excluding carboxylic acids is 1. The molecule has 1 aliphatic rings. The van der Waals surface area contributed by atoms with Gasteiger partial charge in [0.1, 0.15) is 5.82 Å². The monoisotopic (exact) mass is 247 g/mol. The van der Waals surface area contributed by atoms with Gasteiger partial charge in [-0.05, 0) is 31.4 Å². The van der Waals surface area contributed by atoms with Gasteiger partial charge in [0, 0.05) is 18.2 Å². The van der Waals surface area contributed by atoms with Gasteiger partial charge in [0.25, 0.3) is 0 Å². The van der Waals surface area contributed by atoms with Gasteiger partial charge in [0.2, 0.25) is 0 Å². The number of rotatable bonds is 2. The van der Waals surface area contributed by atoms with E-state index in [0.717, 1.165) is 31.2 Å². The summed E-state index contributed by atoms with van der Waals surface area (Å²) in [5.74, 6) is 0.290. The molecule has 0 aromatic carbocycles. The Morgan fingerprint density at radius 2 is 2.06 bits per heavy atom. The Balaban J connectivity index is 2.26. The fraction of sp³-hybridized carbons (Fsp3) is 0.571. The van der Waals surface area contributed by atoms with Crippen molar-refractivity contribution in [3.63, 3.8) is 0 Å². The number of aryl methyl sites for hydroxylation is 1. The molecule has 1 aliphatic carbocycles. The Bertz CT molecular complexity index is 445. The van der Waals surface area contributed by atoms with Crippen molar-refractivity contribution in [2.75, 3.05) is 5.73 Å². The van der Waals surface area contributed by atoms with E-state index in [9.17, 15) is 4.79 Å². The largest absolute Gasteiger partial charge is 0.383 e. The van der Waals surface area contributed by atoms with E-state index in [1.807, 2.05) is 13.0 Å². The summed E-state index contributed by atoms with van der Waals surface area (Å²) in [6.45, 7) is 1.91. The fourth-order valence-corrected chi connectivity index (χ4v) is 2.64. The van der Waals surface area contributed by atoms with Crippen LogP contribution in [0.5, 0.6) is 0 Å². The summed E-state index contributed by atoms with van der Waals surface area (Å²) >= 11 is 0. The molecule has 0 aliphatic heterocycles. The molecule has 1 heterocycles. The molecule has 2 rings (SSSR count). The molecule has 0 saturated heterocycles. The number of nitrogens with two attached hydrogens (primary N) is 2. The van der Waals surface area contributed by atoms with Gasteiger partial charge in [-0.3, -0.25) is 4.79 Å². The highest BCUT2D eigenvalue weighted by Crippen LogP contribution is 2.27. The zero-order chi connectivity index (χ0) is 13.1. The third kappa shape index (κ3) is 2.70. The minimum absolute atomic E-state index is 0.0417. The molecule has 1 aromatic rings. The molecule has 4 heteroatoms. The Morgan fingerprint density at radius 1 is 1.33 bits per heavy atom. The van der Waals surface area contributed by atoms with Gasteiger partial charge < -0.3 is 11.5 Å². The van der Waals surface area contributed by atoms with E-state index < -0.39 is 0 Å². The van der Waals surface area contributed by atoms with Crippen molar-refractivity contribution in [3.05, 3.63) is 23.4 Å². The van der Waals surface area contributed by atoms with Crippen molar-refractivity contribution >= 4 is 11.6 Å². The minimum Gasteiger partial charge on any atom is -0.383 e. The number of Topliss-reactive ketones (excluding diaryl/α,β-unsaturated/α-hetero) is 1. The Labute approximate surface area is 108 Å². The smallest absolute Gasteiger partial charge is 0.171 e. The van der Waals surface area contributed by atoms with E-state index in [2.05, 4.69) is 4.98 Å². The van der Waals surface area contributed by atoms with Crippen LogP contribution in [0, 0.1) is 12.8 Å². The second kappa shape index (κ2) is 5.48. The lowest BCUT2D eigenvalue weighted by Crippen LogP contribution is -2.35. The van der Waals surface area contributed by atoms with Crippen LogP contribution < -0.4 is 11.5 Å². The number of aromatic nitrogens is 1. The molecule has 4 nitrogen and oxygen atoms in total. The zero-order valence-corrected chi connectivity index (χ0v) is 10.9. The van der Waals surface area contributed by atoms with Gasteiger partial charge in [-0.15, -0.1) is 0 Å². The molecular weight excluding hydrogens is 226 g/mol. The van der Waals surface area contributed by atoms with Gasteiger partial charge in [-0.25, -0.2) is 4.98 Å². The van der Waals surface area contributed by atoms with E-state index in [0.29, 0.717) is 11.4 Å². The van der Waals surface area contributed by atoms with Crippen molar-refractivity contribution in [3.8, 4) is 0 Å². The molecule has 2 unspecified atom stereocenters. The van der Waals surface area contributed by atoms with E-state index in [1.165, 1.54) is 6.42 Å². The third-order valence-electron chi connectivity index (χ3n) is 3.73. The van der Waals surface area contributed by atoms with Crippen LogP contribution in [0.2, 0.25) is 0 Å². The first-order chi connectivity index (χ1) is 8.59. The first-order valence-electron chi connectivity index (χ1n) is 6.61.